The highest BCUT2D eigenvalue weighted by molar-refractivity contribution is 5.94. The topological polar surface area (TPSA) is 92.6 Å². The molecule has 0 amide bonds. The second kappa shape index (κ2) is 3.00. The number of imidazole rings is 1. The first-order valence-corrected chi connectivity index (χ1v) is 3.91. The third kappa shape index (κ3) is 1.09. The zero-order chi connectivity index (χ0) is 10.1. The van der Waals surface area contributed by atoms with Gasteiger partial charge in [0, 0.05) is 6.20 Å². The standard InChI is InChI=1S/C8H8N4O2/c9-11-8-10-6(7(13)14)5-3-1-2-4-12(5)8/h1-4H,9H2,(H,10,11)(H,13,14). The number of carbonyl (C=O) groups is 1. The summed E-state index contributed by atoms with van der Waals surface area (Å²) in [6.45, 7) is 0. The Morgan fingerprint density at radius 3 is 3.00 bits per heavy atom. The molecule has 2 aromatic rings. The van der Waals surface area contributed by atoms with E-state index in [-0.39, 0.29) is 5.69 Å². The molecule has 0 radical (unpaired) electrons. The SMILES string of the molecule is NNc1nc(C(=O)O)c2ccccn12. The van der Waals surface area contributed by atoms with E-state index in [1.807, 2.05) is 0 Å². The van der Waals surface area contributed by atoms with Gasteiger partial charge in [-0.2, -0.15) is 0 Å². The molecule has 0 aliphatic carbocycles. The van der Waals surface area contributed by atoms with E-state index in [1.54, 1.807) is 28.8 Å². The first kappa shape index (κ1) is 8.52. The number of hydrogen-bond donors (Lipinski definition) is 3. The normalized spacial score (nSPS) is 10.4. The van der Waals surface area contributed by atoms with E-state index in [0.717, 1.165) is 0 Å². The van der Waals surface area contributed by atoms with Crippen molar-refractivity contribution < 1.29 is 9.90 Å². The summed E-state index contributed by atoms with van der Waals surface area (Å²) in [6.07, 6.45) is 1.68. The highest BCUT2D eigenvalue weighted by Crippen LogP contribution is 2.15. The quantitative estimate of drug-likeness (QED) is 0.470. The van der Waals surface area contributed by atoms with Crippen molar-refractivity contribution in [3.05, 3.63) is 30.1 Å². The number of carboxylic acids is 1. The van der Waals surface area contributed by atoms with E-state index in [0.29, 0.717) is 11.5 Å². The number of carboxylic acid groups (broad SMARTS) is 1. The van der Waals surface area contributed by atoms with E-state index < -0.39 is 5.97 Å². The zero-order valence-electron chi connectivity index (χ0n) is 7.14. The Kier molecular flexibility index (Phi) is 1.83. The monoisotopic (exact) mass is 192 g/mol. The summed E-state index contributed by atoms with van der Waals surface area (Å²) in [5, 5.41) is 8.85. The number of rotatable bonds is 2. The number of nitrogen functional groups attached to an aromatic ring is 1. The lowest BCUT2D eigenvalue weighted by atomic mass is 10.3. The number of anilines is 1. The molecule has 0 spiro atoms. The Hall–Kier alpha value is -2.08. The number of nitrogens with zero attached hydrogens (tertiary/aromatic N) is 2. The van der Waals surface area contributed by atoms with Gasteiger partial charge in [-0.15, -0.1) is 0 Å². The smallest absolute Gasteiger partial charge is 0.356 e. The summed E-state index contributed by atoms with van der Waals surface area (Å²) in [5.74, 6) is 4.43. The fourth-order valence-electron chi connectivity index (χ4n) is 1.30. The van der Waals surface area contributed by atoms with E-state index in [9.17, 15) is 4.79 Å². The average Bonchev–Trinajstić information content (AvgIpc) is 2.56. The average molecular weight is 192 g/mol. The third-order valence-electron chi connectivity index (χ3n) is 1.88. The second-order valence-electron chi connectivity index (χ2n) is 2.69. The van der Waals surface area contributed by atoms with Crippen molar-refractivity contribution in [1.29, 1.82) is 0 Å². The Morgan fingerprint density at radius 1 is 1.57 bits per heavy atom. The van der Waals surface area contributed by atoms with E-state index in [4.69, 9.17) is 10.9 Å². The van der Waals surface area contributed by atoms with Gasteiger partial charge < -0.3 is 5.11 Å². The molecule has 6 heteroatoms. The van der Waals surface area contributed by atoms with E-state index in [1.165, 1.54) is 0 Å². The molecule has 0 bridgehead atoms. The second-order valence-corrected chi connectivity index (χ2v) is 2.69. The van der Waals surface area contributed by atoms with Crippen molar-refractivity contribution in [2.75, 3.05) is 5.43 Å². The van der Waals surface area contributed by atoms with Crippen LogP contribution in [0.25, 0.3) is 5.52 Å². The number of nitrogens with two attached hydrogens (primary N) is 1. The molecule has 0 saturated carbocycles. The summed E-state index contributed by atoms with van der Waals surface area (Å²) < 4.78 is 1.57. The van der Waals surface area contributed by atoms with Gasteiger partial charge >= 0.3 is 5.97 Å². The van der Waals surface area contributed by atoms with Crippen LogP contribution < -0.4 is 11.3 Å². The van der Waals surface area contributed by atoms with Gasteiger partial charge in [-0.1, -0.05) is 6.07 Å². The molecule has 2 aromatic heterocycles. The minimum Gasteiger partial charge on any atom is -0.476 e. The minimum atomic E-state index is -1.07. The molecular formula is C8H8N4O2. The molecule has 0 aliphatic heterocycles. The first-order chi connectivity index (χ1) is 6.74. The van der Waals surface area contributed by atoms with Crippen molar-refractivity contribution in [1.82, 2.24) is 9.38 Å². The van der Waals surface area contributed by atoms with Crippen LogP contribution in [0, 0.1) is 0 Å². The molecular weight excluding hydrogens is 184 g/mol. The number of fused-ring (bicyclic) bond motifs is 1. The van der Waals surface area contributed by atoms with Crippen molar-refractivity contribution in [3.63, 3.8) is 0 Å². The molecule has 6 nitrogen and oxygen atoms in total. The molecule has 14 heavy (non-hydrogen) atoms. The van der Waals surface area contributed by atoms with Crippen LogP contribution in [0.15, 0.2) is 24.4 Å². The molecule has 0 atom stereocenters. The Balaban J connectivity index is 2.80. The molecule has 0 aromatic carbocycles. The Labute approximate surface area is 78.9 Å². The summed E-state index contributed by atoms with van der Waals surface area (Å²) in [5.41, 5.74) is 2.83. The van der Waals surface area contributed by atoms with Crippen LogP contribution >= 0.6 is 0 Å². The summed E-state index contributed by atoms with van der Waals surface area (Å²) in [7, 11) is 0. The van der Waals surface area contributed by atoms with Crippen molar-refractivity contribution in [3.8, 4) is 0 Å². The highest BCUT2D eigenvalue weighted by Gasteiger charge is 2.14. The first-order valence-electron chi connectivity index (χ1n) is 3.91. The summed E-state index contributed by atoms with van der Waals surface area (Å²) in [6, 6.07) is 5.17. The molecule has 0 fully saturated rings. The number of aromatic carboxylic acids is 1. The lowest BCUT2D eigenvalue weighted by Gasteiger charge is -1.96. The van der Waals surface area contributed by atoms with Gasteiger partial charge in [0.25, 0.3) is 0 Å². The lowest BCUT2D eigenvalue weighted by Crippen LogP contribution is -2.10. The summed E-state index contributed by atoms with van der Waals surface area (Å²) in [4.78, 5) is 14.6. The number of aromatic nitrogens is 2. The van der Waals surface area contributed by atoms with Gasteiger partial charge in [-0.3, -0.25) is 9.83 Å². The van der Waals surface area contributed by atoms with E-state index >= 15 is 0 Å². The zero-order valence-corrected chi connectivity index (χ0v) is 7.14. The van der Waals surface area contributed by atoms with Gasteiger partial charge in [0.2, 0.25) is 5.95 Å². The predicted molar refractivity (Wildman–Crippen MR) is 50.0 cm³/mol. The van der Waals surface area contributed by atoms with Crippen molar-refractivity contribution in [2.45, 2.75) is 0 Å². The van der Waals surface area contributed by atoms with Crippen LogP contribution in [0.3, 0.4) is 0 Å². The van der Waals surface area contributed by atoms with E-state index in [2.05, 4.69) is 10.4 Å². The maximum Gasteiger partial charge on any atom is 0.356 e. The number of pyridine rings is 1. The molecule has 0 aliphatic rings. The Morgan fingerprint density at radius 2 is 2.36 bits per heavy atom. The largest absolute Gasteiger partial charge is 0.476 e. The number of hydrazine groups is 1. The highest BCUT2D eigenvalue weighted by atomic mass is 16.4. The fraction of sp³-hybridized carbons (Fsp3) is 0. The van der Waals surface area contributed by atoms with Crippen molar-refractivity contribution in [2.24, 2.45) is 5.84 Å². The fourth-order valence-corrected chi connectivity index (χ4v) is 1.30. The maximum atomic E-state index is 10.8. The third-order valence-corrected chi connectivity index (χ3v) is 1.88. The van der Waals surface area contributed by atoms with Gasteiger partial charge in [0.15, 0.2) is 5.69 Å². The Bertz CT molecular complexity index is 491. The van der Waals surface area contributed by atoms with Crippen LogP contribution in [0.5, 0.6) is 0 Å². The maximum absolute atomic E-state index is 10.8. The molecule has 0 unspecified atom stereocenters. The predicted octanol–water partition coefficient (Wildman–Crippen LogP) is 0.318. The van der Waals surface area contributed by atoms with Gasteiger partial charge in [-0.25, -0.2) is 15.6 Å². The number of hydrogen-bond acceptors (Lipinski definition) is 4. The number of nitrogens with one attached hydrogen (secondary N) is 1. The van der Waals surface area contributed by atoms with Gasteiger partial charge in [-0.05, 0) is 12.1 Å². The van der Waals surface area contributed by atoms with Gasteiger partial charge in [0.1, 0.15) is 0 Å². The van der Waals surface area contributed by atoms with Crippen LogP contribution in [0.1, 0.15) is 10.5 Å². The molecule has 72 valence electrons. The van der Waals surface area contributed by atoms with Crippen LogP contribution in [0.2, 0.25) is 0 Å². The lowest BCUT2D eigenvalue weighted by molar-refractivity contribution is 0.0693. The van der Waals surface area contributed by atoms with Gasteiger partial charge in [0.05, 0.1) is 5.52 Å². The molecule has 2 heterocycles. The van der Waals surface area contributed by atoms with Crippen LogP contribution in [-0.2, 0) is 0 Å². The molecule has 4 N–H and O–H groups in total. The molecule has 0 saturated heterocycles. The summed E-state index contributed by atoms with van der Waals surface area (Å²) >= 11 is 0. The van der Waals surface area contributed by atoms with Crippen LogP contribution in [-0.4, -0.2) is 20.5 Å². The van der Waals surface area contributed by atoms with Crippen molar-refractivity contribution >= 4 is 17.4 Å². The minimum absolute atomic E-state index is 0.0152. The molecule has 2 rings (SSSR count). The van der Waals surface area contributed by atoms with Crippen LogP contribution in [0.4, 0.5) is 5.95 Å².